The van der Waals surface area contributed by atoms with E-state index in [9.17, 15) is 4.79 Å². The molecule has 21 heavy (non-hydrogen) atoms. The van der Waals surface area contributed by atoms with Crippen LogP contribution < -0.4 is 9.80 Å². The normalized spacial score (nSPS) is 17.9. The molecule has 0 bridgehead atoms. The summed E-state index contributed by atoms with van der Waals surface area (Å²) in [5.74, 6) is 0.126. The Bertz CT molecular complexity index is 672. The molecule has 0 N–H and O–H groups in total. The predicted octanol–water partition coefficient (Wildman–Crippen LogP) is 3.82. The number of benzene rings is 2. The van der Waals surface area contributed by atoms with Crippen molar-refractivity contribution in [2.75, 3.05) is 16.8 Å². The Labute approximate surface area is 133 Å². The maximum Gasteiger partial charge on any atom is 0.249 e. The third-order valence-corrected chi connectivity index (χ3v) is 4.45. The highest BCUT2D eigenvalue weighted by atomic mass is 79.9. The van der Waals surface area contributed by atoms with Crippen molar-refractivity contribution in [3.63, 3.8) is 0 Å². The first-order valence-electron chi connectivity index (χ1n) is 6.95. The van der Waals surface area contributed by atoms with Gasteiger partial charge in [0.1, 0.15) is 6.04 Å². The minimum absolute atomic E-state index is 0.126. The molecule has 1 atom stereocenters. The minimum Gasteiger partial charge on any atom is -0.354 e. The number of carbonyl (C=O) groups excluding carboxylic acids is 1. The van der Waals surface area contributed by atoms with Gasteiger partial charge in [-0.15, -0.1) is 0 Å². The van der Waals surface area contributed by atoms with E-state index < -0.39 is 0 Å². The Morgan fingerprint density at radius 2 is 1.81 bits per heavy atom. The van der Waals surface area contributed by atoms with Crippen molar-refractivity contribution in [1.29, 1.82) is 0 Å². The molecule has 1 heterocycles. The lowest BCUT2D eigenvalue weighted by Gasteiger charge is -2.40. The molecule has 108 valence electrons. The average molecular weight is 345 g/mol. The van der Waals surface area contributed by atoms with Gasteiger partial charge >= 0.3 is 0 Å². The van der Waals surface area contributed by atoms with E-state index in [-0.39, 0.29) is 11.9 Å². The van der Waals surface area contributed by atoms with E-state index in [1.54, 1.807) is 4.90 Å². The molecule has 1 aliphatic heterocycles. The molecule has 0 fully saturated rings. The van der Waals surface area contributed by atoms with Gasteiger partial charge in [0.15, 0.2) is 0 Å². The molecule has 1 amide bonds. The summed E-state index contributed by atoms with van der Waals surface area (Å²) >= 11 is 3.53. The van der Waals surface area contributed by atoms with Crippen molar-refractivity contribution >= 4 is 33.2 Å². The van der Waals surface area contributed by atoms with Gasteiger partial charge in [0.25, 0.3) is 0 Å². The van der Waals surface area contributed by atoms with Crippen molar-refractivity contribution in [3.05, 3.63) is 58.6 Å². The Morgan fingerprint density at radius 3 is 2.52 bits per heavy atom. The summed E-state index contributed by atoms with van der Waals surface area (Å²) in [6, 6.07) is 16.1. The first kappa shape index (κ1) is 14.1. The van der Waals surface area contributed by atoms with Crippen LogP contribution in [0.5, 0.6) is 0 Å². The van der Waals surface area contributed by atoms with Crippen LogP contribution in [0.25, 0.3) is 0 Å². The van der Waals surface area contributed by atoms with Gasteiger partial charge in [0.2, 0.25) is 5.91 Å². The number of hydrogen-bond acceptors (Lipinski definition) is 2. The van der Waals surface area contributed by atoms with E-state index in [1.807, 2.05) is 44.3 Å². The highest BCUT2D eigenvalue weighted by Crippen LogP contribution is 2.38. The van der Waals surface area contributed by atoms with E-state index >= 15 is 0 Å². The second-order valence-corrected chi connectivity index (χ2v) is 6.24. The molecule has 3 rings (SSSR count). The molecular weight excluding hydrogens is 328 g/mol. The molecule has 4 heteroatoms. The average Bonchev–Trinajstić information content (AvgIpc) is 2.50. The van der Waals surface area contributed by atoms with Crippen LogP contribution in [0.15, 0.2) is 53.0 Å². The number of amides is 1. The van der Waals surface area contributed by atoms with Crippen molar-refractivity contribution < 1.29 is 4.79 Å². The van der Waals surface area contributed by atoms with Gasteiger partial charge in [0.05, 0.1) is 11.4 Å². The van der Waals surface area contributed by atoms with E-state index in [4.69, 9.17) is 0 Å². The molecule has 2 aromatic rings. The van der Waals surface area contributed by atoms with Crippen molar-refractivity contribution in [1.82, 2.24) is 0 Å². The number of carbonyl (C=O) groups is 1. The van der Waals surface area contributed by atoms with Crippen molar-refractivity contribution in [3.8, 4) is 0 Å². The van der Waals surface area contributed by atoms with Crippen LogP contribution >= 0.6 is 15.9 Å². The fraction of sp³-hybridized carbons (Fsp3) is 0.235. The summed E-state index contributed by atoms with van der Waals surface area (Å²) in [6.07, 6.45) is 0. The summed E-state index contributed by atoms with van der Waals surface area (Å²) in [5, 5.41) is 0. The van der Waals surface area contributed by atoms with Gasteiger partial charge in [-0.1, -0.05) is 46.3 Å². The van der Waals surface area contributed by atoms with E-state index in [1.165, 1.54) is 5.56 Å². The lowest BCUT2D eigenvalue weighted by molar-refractivity contribution is -0.119. The fourth-order valence-electron chi connectivity index (χ4n) is 2.75. The highest BCUT2D eigenvalue weighted by Gasteiger charge is 2.33. The molecule has 0 spiro atoms. The molecule has 0 aromatic heterocycles. The summed E-state index contributed by atoms with van der Waals surface area (Å²) in [4.78, 5) is 16.4. The second kappa shape index (κ2) is 5.53. The number of nitrogens with zero attached hydrogens (tertiary/aromatic N) is 2. The molecule has 0 radical (unpaired) electrons. The van der Waals surface area contributed by atoms with Crippen LogP contribution in [0.3, 0.4) is 0 Å². The zero-order valence-corrected chi connectivity index (χ0v) is 13.7. The van der Waals surface area contributed by atoms with Gasteiger partial charge < -0.3 is 9.80 Å². The number of rotatable bonds is 2. The maximum absolute atomic E-state index is 12.4. The zero-order valence-electron chi connectivity index (χ0n) is 12.1. The van der Waals surface area contributed by atoms with Gasteiger partial charge in [-0.05, 0) is 30.7 Å². The van der Waals surface area contributed by atoms with E-state index in [0.717, 1.165) is 22.4 Å². The standard InChI is InChI=1S/C17H17BrN2O/c1-12-17(21)19(2)15-9-8-14(18)10-16(15)20(12)11-13-6-4-3-5-7-13/h3-10,12H,11H2,1-2H3/t12-/m1/s1. The molecular formula is C17H17BrN2O. The van der Waals surface area contributed by atoms with Crippen LogP contribution in [0.1, 0.15) is 12.5 Å². The van der Waals surface area contributed by atoms with Crippen molar-refractivity contribution in [2.45, 2.75) is 19.5 Å². The Kier molecular flexibility index (Phi) is 3.72. The summed E-state index contributed by atoms with van der Waals surface area (Å²) in [6.45, 7) is 2.69. The predicted molar refractivity (Wildman–Crippen MR) is 89.6 cm³/mol. The monoisotopic (exact) mass is 344 g/mol. The molecule has 1 aliphatic rings. The molecule has 0 unspecified atom stereocenters. The third-order valence-electron chi connectivity index (χ3n) is 3.96. The minimum atomic E-state index is -0.169. The van der Waals surface area contributed by atoms with Crippen LogP contribution in [-0.4, -0.2) is 19.0 Å². The van der Waals surface area contributed by atoms with Gasteiger partial charge in [-0.2, -0.15) is 0 Å². The first-order chi connectivity index (χ1) is 10.1. The van der Waals surface area contributed by atoms with Crippen LogP contribution in [0, 0.1) is 0 Å². The molecule has 2 aromatic carbocycles. The fourth-order valence-corrected chi connectivity index (χ4v) is 3.10. The quantitative estimate of drug-likeness (QED) is 0.826. The van der Waals surface area contributed by atoms with E-state index in [0.29, 0.717) is 0 Å². The first-order valence-corrected chi connectivity index (χ1v) is 7.75. The summed E-state index contributed by atoms with van der Waals surface area (Å²) in [7, 11) is 1.84. The highest BCUT2D eigenvalue weighted by molar-refractivity contribution is 9.10. The topological polar surface area (TPSA) is 23.6 Å². The number of fused-ring (bicyclic) bond motifs is 1. The molecule has 3 nitrogen and oxygen atoms in total. The van der Waals surface area contributed by atoms with Gasteiger partial charge in [0, 0.05) is 18.1 Å². The van der Waals surface area contributed by atoms with E-state index in [2.05, 4.69) is 39.0 Å². The lowest BCUT2D eigenvalue weighted by atomic mass is 10.1. The van der Waals surface area contributed by atoms with Gasteiger partial charge in [-0.3, -0.25) is 4.79 Å². The van der Waals surface area contributed by atoms with Gasteiger partial charge in [-0.25, -0.2) is 0 Å². The molecule has 0 saturated heterocycles. The summed E-state index contributed by atoms with van der Waals surface area (Å²) in [5.41, 5.74) is 3.24. The van der Waals surface area contributed by atoms with Crippen LogP contribution in [-0.2, 0) is 11.3 Å². The Morgan fingerprint density at radius 1 is 1.10 bits per heavy atom. The maximum atomic E-state index is 12.4. The Balaban J connectivity index is 2.05. The largest absolute Gasteiger partial charge is 0.354 e. The third kappa shape index (κ3) is 2.56. The van der Waals surface area contributed by atoms with Crippen LogP contribution in [0.4, 0.5) is 11.4 Å². The number of halogens is 1. The number of likely N-dealkylation sites (N-methyl/N-ethyl adjacent to an activating group) is 1. The Hall–Kier alpha value is -1.81. The summed E-state index contributed by atoms with van der Waals surface area (Å²) < 4.78 is 1.02. The SMILES string of the molecule is C[C@@H]1C(=O)N(C)c2ccc(Br)cc2N1Cc1ccccc1. The lowest BCUT2D eigenvalue weighted by Crippen LogP contribution is -2.50. The number of anilines is 2. The second-order valence-electron chi connectivity index (χ2n) is 5.32. The van der Waals surface area contributed by atoms with Crippen molar-refractivity contribution in [2.24, 2.45) is 0 Å². The van der Waals surface area contributed by atoms with Crippen LogP contribution in [0.2, 0.25) is 0 Å². The molecule has 0 saturated carbocycles. The zero-order chi connectivity index (χ0) is 15.0. The molecule has 0 aliphatic carbocycles. The smallest absolute Gasteiger partial charge is 0.249 e. The number of hydrogen-bond donors (Lipinski definition) is 0.